The van der Waals surface area contributed by atoms with Crippen LogP contribution in [0.15, 0.2) is 14.7 Å². The molecular formula is C8H12BrNO2S2. The fourth-order valence-electron chi connectivity index (χ4n) is 0.999. The van der Waals surface area contributed by atoms with Crippen LogP contribution in [0, 0.1) is 0 Å². The number of rotatable bonds is 1. The topological polar surface area (TPSA) is 60.2 Å². The van der Waals surface area contributed by atoms with Crippen LogP contribution in [0.5, 0.6) is 0 Å². The summed E-state index contributed by atoms with van der Waals surface area (Å²) >= 11 is 4.55. The molecule has 0 amide bonds. The highest BCUT2D eigenvalue weighted by atomic mass is 79.9. The van der Waals surface area contributed by atoms with Gasteiger partial charge in [0, 0.05) is 9.35 Å². The summed E-state index contributed by atoms with van der Waals surface area (Å²) in [5.41, 5.74) is -0.0769. The zero-order valence-corrected chi connectivity index (χ0v) is 11.4. The predicted molar refractivity (Wildman–Crippen MR) is 62.1 cm³/mol. The summed E-state index contributed by atoms with van der Waals surface area (Å²) in [5.74, 6) is 0. The van der Waals surface area contributed by atoms with Gasteiger partial charge in [0.05, 0.1) is 0 Å². The van der Waals surface area contributed by atoms with Crippen LogP contribution >= 0.6 is 27.3 Å². The van der Waals surface area contributed by atoms with Gasteiger partial charge in [0.1, 0.15) is 4.21 Å². The van der Waals surface area contributed by atoms with Gasteiger partial charge < -0.3 is 0 Å². The lowest BCUT2D eigenvalue weighted by atomic mass is 9.95. The second-order valence-corrected chi connectivity index (χ2v) is 7.73. The smallest absolute Gasteiger partial charge is 0.224 e. The van der Waals surface area contributed by atoms with E-state index in [9.17, 15) is 8.42 Å². The van der Waals surface area contributed by atoms with E-state index in [1.807, 2.05) is 20.8 Å². The lowest BCUT2D eigenvalue weighted by molar-refractivity contribution is 0.599. The average Bonchev–Trinajstić information content (AvgIpc) is 2.27. The van der Waals surface area contributed by atoms with Crippen LogP contribution in [-0.2, 0) is 15.4 Å². The van der Waals surface area contributed by atoms with E-state index in [4.69, 9.17) is 5.14 Å². The number of halogens is 1. The van der Waals surface area contributed by atoms with Crippen molar-refractivity contribution in [2.24, 2.45) is 5.14 Å². The van der Waals surface area contributed by atoms with Crippen molar-refractivity contribution in [3.63, 3.8) is 0 Å². The molecule has 0 aromatic carbocycles. The molecule has 0 aliphatic heterocycles. The van der Waals surface area contributed by atoms with Gasteiger partial charge in [0.2, 0.25) is 10.0 Å². The van der Waals surface area contributed by atoms with E-state index in [1.165, 1.54) is 11.3 Å². The minimum Gasteiger partial charge on any atom is -0.224 e. The summed E-state index contributed by atoms with van der Waals surface area (Å²) in [6.45, 7) is 6.07. The van der Waals surface area contributed by atoms with Gasteiger partial charge in [0.15, 0.2) is 0 Å². The normalized spacial score (nSPS) is 13.2. The maximum absolute atomic E-state index is 11.1. The van der Waals surface area contributed by atoms with Crippen molar-refractivity contribution in [1.82, 2.24) is 0 Å². The fourth-order valence-corrected chi connectivity index (χ4v) is 4.21. The maximum Gasteiger partial charge on any atom is 0.247 e. The van der Waals surface area contributed by atoms with Crippen LogP contribution in [0.2, 0.25) is 0 Å². The zero-order chi connectivity index (χ0) is 11.1. The first-order valence-corrected chi connectivity index (χ1v) is 7.10. The van der Waals surface area contributed by atoms with Gasteiger partial charge in [-0.25, -0.2) is 13.6 Å². The predicted octanol–water partition coefficient (Wildman–Crippen LogP) is 2.46. The summed E-state index contributed by atoms with van der Waals surface area (Å²) in [7, 11) is -3.58. The zero-order valence-electron chi connectivity index (χ0n) is 8.17. The van der Waals surface area contributed by atoms with Crippen LogP contribution in [0.25, 0.3) is 0 Å². The number of sulfonamides is 1. The van der Waals surface area contributed by atoms with Crippen LogP contribution < -0.4 is 5.14 Å². The first-order valence-electron chi connectivity index (χ1n) is 3.95. The molecule has 0 saturated heterocycles. The molecule has 1 heterocycles. The molecule has 2 N–H and O–H groups in total. The molecule has 0 atom stereocenters. The van der Waals surface area contributed by atoms with Crippen LogP contribution in [0.3, 0.4) is 0 Å². The Labute approximate surface area is 96.5 Å². The molecule has 0 aliphatic rings. The number of hydrogen-bond donors (Lipinski definition) is 1. The third kappa shape index (κ3) is 2.56. The Bertz CT molecular complexity index is 442. The molecule has 1 aromatic heterocycles. The Hall–Kier alpha value is 0.0900. The Morgan fingerprint density at radius 2 is 1.93 bits per heavy atom. The highest BCUT2D eigenvalue weighted by molar-refractivity contribution is 9.10. The number of hydrogen-bond acceptors (Lipinski definition) is 3. The minimum absolute atomic E-state index is 0.0769. The van der Waals surface area contributed by atoms with E-state index in [2.05, 4.69) is 15.9 Å². The molecular weight excluding hydrogens is 286 g/mol. The van der Waals surface area contributed by atoms with Crippen molar-refractivity contribution >= 4 is 37.3 Å². The van der Waals surface area contributed by atoms with Crippen molar-refractivity contribution in [1.29, 1.82) is 0 Å². The third-order valence-electron chi connectivity index (χ3n) is 1.63. The SMILES string of the molecule is CC(C)(C)c1sc(S(N)(=O)=O)cc1Br. The molecule has 0 radical (unpaired) electrons. The van der Waals surface area contributed by atoms with E-state index in [-0.39, 0.29) is 9.62 Å². The molecule has 0 bridgehead atoms. The van der Waals surface area contributed by atoms with Gasteiger partial charge >= 0.3 is 0 Å². The minimum atomic E-state index is -3.58. The third-order valence-corrected chi connectivity index (χ3v) is 5.49. The van der Waals surface area contributed by atoms with Crippen molar-refractivity contribution in [2.75, 3.05) is 0 Å². The van der Waals surface area contributed by atoms with Gasteiger partial charge in [-0.15, -0.1) is 11.3 Å². The number of nitrogens with two attached hydrogens (primary N) is 1. The van der Waals surface area contributed by atoms with Crippen molar-refractivity contribution in [3.8, 4) is 0 Å². The molecule has 14 heavy (non-hydrogen) atoms. The summed E-state index contributed by atoms with van der Waals surface area (Å²) in [5, 5.41) is 5.04. The first-order chi connectivity index (χ1) is 6.12. The Balaban J connectivity index is 3.33. The molecule has 1 aromatic rings. The molecule has 0 saturated carbocycles. The molecule has 3 nitrogen and oxygen atoms in total. The van der Waals surface area contributed by atoms with E-state index in [1.54, 1.807) is 6.07 Å². The summed E-state index contributed by atoms with van der Waals surface area (Å²) in [4.78, 5) is 0.988. The Kier molecular flexibility index (Phi) is 3.12. The second kappa shape index (κ2) is 3.59. The first kappa shape index (κ1) is 12.2. The number of primary sulfonamides is 1. The van der Waals surface area contributed by atoms with E-state index < -0.39 is 10.0 Å². The van der Waals surface area contributed by atoms with Gasteiger partial charge in [-0.05, 0) is 27.4 Å². The molecule has 0 spiro atoms. The summed E-state index contributed by atoms with van der Waals surface area (Å²) in [6, 6.07) is 1.56. The van der Waals surface area contributed by atoms with Crippen molar-refractivity contribution in [2.45, 2.75) is 30.4 Å². The van der Waals surface area contributed by atoms with Crippen LogP contribution in [0.4, 0.5) is 0 Å². The molecule has 0 fully saturated rings. The largest absolute Gasteiger partial charge is 0.247 e. The highest BCUT2D eigenvalue weighted by Gasteiger charge is 2.23. The van der Waals surface area contributed by atoms with Crippen LogP contribution in [0.1, 0.15) is 25.6 Å². The van der Waals surface area contributed by atoms with Gasteiger partial charge in [-0.3, -0.25) is 0 Å². The van der Waals surface area contributed by atoms with Gasteiger partial charge in [-0.1, -0.05) is 20.8 Å². The maximum atomic E-state index is 11.1. The van der Waals surface area contributed by atoms with Gasteiger partial charge in [-0.2, -0.15) is 0 Å². The Morgan fingerprint density at radius 1 is 1.43 bits per heavy atom. The summed E-state index contributed by atoms with van der Waals surface area (Å²) in [6.07, 6.45) is 0. The fraction of sp³-hybridized carbons (Fsp3) is 0.500. The van der Waals surface area contributed by atoms with E-state index in [0.717, 1.165) is 9.35 Å². The second-order valence-electron chi connectivity index (χ2n) is 4.04. The van der Waals surface area contributed by atoms with Crippen molar-refractivity contribution in [3.05, 3.63) is 15.4 Å². The summed E-state index contributed by atoms with van der Waals surface area (Å²) < 4.78 is 23.2. The molecule has 1 rings (SSSR count). The quantitative estimate of drug-likeness (QED) is 0.865. The lowest BCUT2D eigenvalue weighted by Gasteiger charge is -2.16. The van der Waals surface area contributed by atoms with E-state index >= 15 is 0 Å². The molecule has 6 heteroatoms. The molecule has 80 valence electrons. The molecule has 0 unspecified atom stereocenters. The number of thiophene rings is 1. The lowest BCUT2D eigenvalue weighted by Crippen LogP contribution is -2.10. The monoisotopic (exact) mass is 297 g/mol. The Morgan fingerprint density at radius 3 is 2.14 bits per heavy atom. The van der Waals surface area contributed by atoms with E-state index in [0.29, 0.717) is 0 Å². The standard InChI is InChI=1S/C8H12BrNO2S2/c1-8(2,3)7-5(9)4-6(13-7)14(10,11)12/h4H,1-3H3,(H2,10,11,12). The molecule has 0 aliphatic carbocycles. The van der Waals surface area contributed by atoms with Crippen molar-refractivity contribution < 1.29 is 8.42 Å². The average molecular weight is 298 g/mol. The van der Waals surface area contributed by atoms with Gasteiger partial charge in [0.25, 0.3) is 0 Å². The van der Waals surface area contributed by atoms with Crippen LogP contribution in [-0.4, -0.2) is 8.42 Å². The highest BCUT2D eigenvalue weighted by Crippen LogP contribution is 2.38.